The van der Waals surface area contributed by atoms with E-state index in [0.717, 1.165) is 16.9 Å². The van der Waals surface area contributed by atoms with Gasteiger partial charge in [-0.15, -0.1) is 0 Å². The normalized spacial score (nSPS) is 10.4. The molecule has 96 valence electrons. The van der Waals surface area contributed by atoms with E-state index in [1.165, 1.54) is 6.08 Å². The third-order valence-electron chi connectivity index (χ3n) is 2.73. The molecule has 0 amide bonds. The van der Waals surface area contributed by atoms with E-state index in [0.29, 0.717) is 5.76 Å². The van der Waals surface area contributed by atoms with Crippen LogP contribution in [-0.4, -0.2) is 0 Å². The summed E-state index contributed by atoms with van der Waals surface area (Å²) in [5.41, 5.74) is 2.09. The summed E-state index contributed by atoms with van der Waals surface area (Å²) in [6.45, 7) is 1.95. The standard InChI is InChI=1S/C17H12N2O/c1-13(9-14-5-3-2-4-6-14)17-8-7-16(20-17)10-15(11-18)12-19/h2-10H,1H3/b13-9+. The first-order valence-corrected chi connectivity index (χ1v) is 6.08. The molecule has 0 bridgehead atoms. The van der Waals surface area contributed by atoms with Gasteiger partial charge in [0.25, 0.3) is 0 Å². The maximum atomic E-state index is 8.70. The summed E-state index contributed by atoms with van der Waals surface area (Å²) in [5, 5.41) is 17.4. The molecule has 3 nitrogen and oxygen atoms in total. The second-order valence-electron chi connectivity index (χ2n) is 4.22. The van der Waals surface area contributed by atoms with Gasteiger partial charge in [-0.3, -0.25) is 0 Å². The van der Waals surface area contributed by atoms with Gasteiger partial charge in [0.2, 0.25) is 0 Å². The fraction of sp³-hybridized carbons (Fsp3) is 0.0588. The number of allylic oxidation sites excluding steroid dienone is 2. The van der Waals surface area contributed by atoms with E-state index in [4.69, 9.17) is 14.9 Å². The summed E-state index contributed by atoms with van der Waals surface area (Å²) in [7, 11) is 0. The lowest BCUT2D eigenvalue weighted by Crippen LogP contribution is -1.76. The lowest BCUT2D eigenvalue weighted by Gasteiger charge is -1.97. The average molecular weight is 260 g/mol. The maximum absolute atomic E-state index is 8.70. The van der Waals surface area contributed by atoms with Crippen molar-refractivity contribution in [3.63, 3.8) is 0 Å². The number of nitriles is 2. The van der Waals surface area contributed by atoms with Crippen molar-refractivity contribution in [3.05, 3.63) is 65.1 Å². The number of furan rings is 1. The van der Waals surface area contributed by atoms with E-state index in [2.05, 4.69) is 0 Å². The molecule has 2 rings (SSSR count). The molecule has 2 aromatic rings. The van der Waals surface area contributed by atoms with Crippen LogP contribution >= 0.6 is 0 Å². The SMILES string of the molecule is C/C(=C\c1ccccc1)c1ccc(C=C(C#N)C#N)o1. The summed E-state index contributed by atoms with van der Waals surface area (Å²) in [4.78, 5) is 0. The second-order valence-corrected chi connectivity index (χ2v) is 4.22. The summed E-state index contributed by atoms with van der Waals surface area (Å²) in [6, 6.07) is 17.1. The smallest absolute Gasteiger partial charge is 0.133 e. The Morgan fingerprint density at radius 2 is 1.70 bits per heavy atom. The first kappa shape index (κ1) is 13.4. The molecule has 0 aliphatic carbocycles. The molecule has 0 spiro atoms. The Hall–Kier alpha value is -3.04. The van der Waals surface area contributed by atoms with E-state index in [9.17, 15) is 0 Å². The van der Waals surface area contributed by atoms with Crippen molar-refractivity contribution in [2.24, 2.45) is 0 Å². The third kappa shape index (κ3) is 3.25. The van der Waals surface area contributed by atoms with E-state index >= 15 is 0 Å². The van der Waals surface area contributed by atoms with Crippen molar-refractivity contribution in [2.45, 2.75) is 6.92 Å². The molecule has 1 heterocycles. The number of hydrogen-bond donors (Lipinski definition) is 0. The van der Waals surface area contributed by atoms with Gasteiger partial charge in [-0.05, 0) is 36.3 Å². The van der Waals surface area contributed by atoms with Crippen LogP contribution < -0.4 is 0 Å². The number of benzene rings is 1. The van der Waals surface area contributed by atoms with Gasteiger partial charge in [-0.25, -0.2) is 0 Å². The molecular weight excluding hydrogens is 248 g/mol. The van der Waals surface area contributed by atoms with Crippen LogP contribution in [0.4, 0.5) is 0 Å². The zero-order chi connectivity index (χ0) is 14.4. The van der Waals surface area contributed by atoms with Crippen LogP contribution in [-0.2, 0) is 0 Å². The van der Waals surface area contributed by atoms with Crippen LogP contribution in [0.1, 0.15) is 24.0 Å². The highest BCUT2D eigenvalue weighted by Gasteiger charge is 2.03. The molecule has 0 aliphatic heterocycles. The Bertz CT molecular complexity index is 721. The zero-order valence-corrected chi connectivity index (χ0v) is 11.0. The van der Waals surface area contributed by atoms with Gasteiger partial charge in [0.1, 0.15) is 29.2 Å². The van der Waals surface area contributed by atoms with Gasteiger partial charge in [-0.1, -0.05) is 30.3 Å². The predicted octanol–water partition coefficient (Wildman–Crippen LogP) is 4.27. The van der Waals surface area contributed by atoms with Gasteiger partial charge in [0, 0.05) is 6.08 Å². The minimum atomic E-state index is 0.0237. The van der Waals surface area contributed by atoms with Gasteiger partial charge in [0.15, 0.2) is 0 Å². The van der Waals surface area contributed by atoms with Gasteiger partial charge in [0.05, 0.1) is 0 Å². The number of nitrogens with zero attached hydrogens (tertiary/aromatic N) is 2. The van der Waals surface area contributed by atoms with E-state index in [-0.39, 0.29) is 5.57 Å². The zero-order valence-electron chi connectivity index (χ0n) is 11.0. The quantitative estimate of drug-likeness (QED) is 0.774. The predicted molar refractivity (Wildman–Crippen MR) is 77.9 cm³/mol. The van der Waals surface area contributed by atoms with Crippen molar-refractivity contribution in [2.75, 3.05) is 0 Å². The van der Waals surface area contributed by atoms with E-state index in [1.807, 2.05) is 49.4 Å². The Morgan fingerprint density at radius 1 is 1.00 bits per heavy atom. The summed E-state index contributed by atoms with van der Waals surface area (Å²) >= 11 is 0. The van der Waals surface area contributed by atoms with Crippen molar-refractivity contribution < 1.29 is 4.42 Å². The Labute approximate surface area is 117 Å². The van der Waals surface area contributed by atoms with Crippen LogP contribution in [0, 0.1) is 22.7 Å². The third-order valence-corrected chi connectivity index (χ3v) is 2.73. The average Bonchev–Trinajstić information content (AvgIpc) is 2.94. The minimum Gasteiger partial charge on any atom is -0.457 e. The van der Waals surface area contributed by atoms with Crippen LogP contribution in [0.25, 0.3) is 17.7 Å². The van der Waals surface area contributed by atoms with Crippen molar-refractivity contribution in [1.29, 1.82) is 10.5 Å². The number of rotatable bonds is 3. The van der Waals surface area contributed by atoms with E-state index < -0.39 is 0 Å². The molecule has 0 atom stereocenters. The molecule has 3 heteroatoms. The molecule has 0 fully saturated rings. The second kappa shape index (κ2) is 6.22. The van der Waals surface area contributed by atoms with Gasteiger partial charge >= 0.3 is 0 Å². The molecule has 0 radical (unpaired) electrons. The van der Waals surface area contributed by atoms with Crippen LogP contribution in [0.3, 0.4) is 0 Å². The Kier molecular flexibility index (Phi) is 4.17. The van der Waals surface area contributed by atoms with E-state index in [1.54, 1.807) is 18.2 Å². The topological polar surface area (TPSA) is 60.7 Å². The highest BCUT2D eigenvalue weighted by molar-refractivity contribution is 5.78. The first-order valence-electron chi connectivity index (χ1n) is 6.08. The van der Waals surface area contributed by atoms with Crippen LogP contribution in [0.2, 0.25) is 0 Å². The maximum Gasteiger partial charge on any atom is 0.133 e. The fourth-order valence-corrected chi connectivity index (χ4v) is 1.74. The molecule has 1 aromatic carbocycles. The largest absolute Gasteiger partial charge is 0.457 e. The molecule has 0 aliphatic rings. The van der Waals surface area contributed by atoms with Crippen LogP contribution in [0.5, 0.6) is 0 Å². The van der Waals surface area contributed by atoms with Crippen LogP contribution in [0.15, 0.2) is 52.5 Å². The highest BCUT2D eigenvalue weighted by atomic mass is 16.3. The monoisotopic (exact) mass is 260 g/mol. The summed E-state index contributed by atoms with van der Waals surface area (Å²) < 4.78 is 5.60. The van der Waals surface area contributed by atoms with Gasteiger partial charge in [-0.2, -0.15) is 10.5 Å². The Morgan fingerprint density at radius 3 is 2.35 bits per heavy atom. The first-order chi connectivity index (χ1) is 9.72. The molecule has 0 saturated carbocycles. The lowest BCUT2D eigenvalue weighted by molar-refractivity contribution is 0.543. The molecule has 0 saturated heterocycles. The minimum absolute atomic E-state index is 0.0237. The van der Waals surface area contributed by atoms with Crippen molar-refractivity contribution in [3.8, 4) is 12.1 Å². The molecule has 0 unspecified atom stereocenters. The highest BCUT2D eigenvalue weighted by Crippen LogP contribution is 2.21. The fourth-order valence-electron chi connectivity index (χ4n) is 1.74. The summed E-state index contributed by atoms with van der Waals surface area (Å²) in [5.74, 6) is 1.22. The van der Waals surface area contributed by atoms with Gasteiger partial charge < -0.3 is 4.42 Å². The molecule has 20 heavy (non-hydrogen) atoms. The molecular formula is C17H12N2O. The molecule has 0 N–H and O–H groups in total. The Balaban J connectivity index is 2.26. The number of hydrogen-bond acceptors (Lipinski definition) is 3. The molecule has 1 aromatic heterocycles. The lowest BCUT2D eigenvalue weighted by atomic mass is 10.1. The summed E-state index contributed by atoms with van der Waals surface area (Å²) in [6.07, 6.45) is 3.45. The van der Waals surface area contributed by atoms with Crippen molar-refractivity contribution >= 4 is 17.7 Å². The van der Waals surface area contributed by atoms with Crippen molar-refractivity contribution in [1.82, 2.24) is 0 Å².